The molecule has 0 spiro atoms. The van der Waals surface area contributed by atoms with Crippen molar-refractivity contribution in [2.24, 2.45) is 0 Å². The Balaban J connectivity index is 0.000000605. The van der Waals surface area contributed by atoms with Crippen molar-refractivity contribution in [3.05, 3.63) is 0 Å². The summed E-state index contributed by atoms with van der Waals surface area (Å²) in [6, 6.07) is 2.41. The van der Waals surface area contributed by atoms with Crippen LogP contribution in [0.4, 0.5) is 0 Å². The summed E-state index contributed by atoms with van der Waals surface area (Å²) < 4.78 is 0. The standard InChI is InChI=1S/C8H16N2.H2/c1-6(2)10-5-7-3-8(10)4-9-7;/h6-9H,3-5H2,1-2H3;1H. The van der Waals surface area contributed by atoms with Crippen molar-refractivity contribution in [3.8, 4) is 0 Å². The van der Waals surface area contributed by atoms with Crippen LogP contribution in [-0.4, -0.2) is 36.1 Å². The van der Waals surface area contributed by atoms with E-state index >= 15 is 0 Å². The van der Waals surface area contributed by atoms with E-state index < -0.39 is 0 Å². The molecule has 2 atom stereocenters. The quantitative estimate of drug-likeness (QED) is 0.579. The Labute approximate surface area is 64.1 Å². The zero-order valence-electron chi connectivity index (χ0n) is 6.80. The highest BCUT2D eigenvalue weighted by Gasteiger charge is 2.38. The molecule has 2 heteroatoms. The Kier molecular flexibility index (Phi) is 1.46. The van der Waals surface area contributed by atoms with Crippen molar-refractivity contribution in [2.75, 3.05) is 13.1 Å². The second-order valence-electron chi connectivity index (χ2n) is 3.79. The van der Waals surface area contributed by atoms with Crippen LogP contribution in [0, 0.1) is 0 Å². The minimum absolute atomic E-state index is 0. The molecule has 1 N–H and O–H groups in total. The van der Waals surface area contributed by atoms with Gasteiger partial charge in [0.1, 0.15) is 0 Å². The lowest BCUT2D eigenvalue weighted by Crippen LogP contribution is -2.46. The Morgan fingerprint density at radius 2 is 2.40 bits per heavy atom. The molecular formula is C8H18N2. The Morgan fingerprint density at radius 1 is 1.60 bits per heavy atom. The molecule has 2 bridgehead atoms. The molecule has 2 nitrogen and oxygen atoms in total. The van der Waals surface area contributed by atoms with Crippen LogP contribution in [0.2, 0.25) is 0 Å². The summed E-state index contributed by atoms with van der Waals surface area (Å²) in [6.45, 7) is 7.09. The summed E-state index contributed by atoms with van der Waals surface area (Å²) in [5.74, 6) is 0. The van der Waals surface area contributed by atoms with Gasteiger partial charge in [0.15, 0.2) is 0 Å². The summed E-state index contributed by atoms with van der Waals surface area (Å²) in [5, 5.41) is 3.50. The number of nitrogens with one attached hydrogen (secondary N) is 1. The van der Waals surface area contributed by atoms with Gasteiger partial charge in [0.2, 0.25) is 0 Å². The SMILES string of the molecule is CC(C)N1CC2CC1CN2.[HH]. The van der Waals surface area contributed by atoms with Gasteiger partial charge >= 0.3 is 0 Å². The first kappa shape index (κ1) is 6.62. The van der Waals surface area contributed by atoms with Gasteiger partial charge in [0.25, 0.3) is 0 Å². The monoisotopic (exact) mass is 142 g/mol. The van der Waals surface area contributed by atoms with Gasteiger partial charge in [-0.2, -0.15) is 0 Å². The van der Waals surface area contributed by atoms with Crippen LogP contribution in [0.15, 0.2) is 0 Å². The average Bonchev–Trinajstić information content (AvgIpc) is 2.44. The fourth-order valence-electron chi connectivity index (χ4n) is 2.23. The zero-order valence-corrected chi connectivity index (χ0v) is 6.80. The molecule has 0 aromatic rings. The molecule has 2 rings (SSSR count). The van der Waals surface area contributed by atoms with E-state index in [0.717, 1.165) is 18.1 Å². The average molecular weight is 142 g/mol. The highest BCUT2D eigenvalue weighted by Crippen LogP contribution is 2.24. The lowest BCUT2D eigenvalue weighted by molar-refractivity contribution is 0.181. The first-order valence-electron chi connectivity index (χ1n) is 4.26. The highest BCUT2D eigenvalue weighted by molar-refractivity contribution is 4.98. The van der Waals surface area contributed by atoms with Crippen LogP contribution in [0.3, 0.4) is 0 Å². The molecule has 0 saturated carbocycles. The predicted molar refractivity (Wildman–Crippen MR) is 44.2 cm³/mol. The molecule has 2 heterocycles. The summed E-state index contributed by atoms with van der Waals surface area (Å²) in [6.07, 6.45) is 1.39. The molecule has 2 saturated heterocycles. The van der Waals surface area contributed by atoms with Gasteiger partial charge in [-0.25, -0.2) is 0 Å². The van der Waals surface area contributed by atoms with Gasteiger partial charge in [-0.15, -0.1) is 0 Å². The third-order valence-corrected chi connectivity index (χ3v) is 2.76. The van der Waals surface area contributed by atoms with Gasteiger partial charge in [0, 0.05) is 32.6 Å². The summed E-state index contributed by atoms with van der Waals surface area (Å²) in [4.78, 5) is 2.61. The van der Waals surface area contributed by atoms with E-state index in [0.29, 0.717) is 0 Å². The predicted octanol–water partition coefficient (Wildman–Crippen LogP) is 0.687. The fraction of sp³-hybridized carbons (Fsp3) is 1.00. The molecule has 2 fully saturated rings. The first-order valence-corrected chi connectivity index (χ1v) is 4.26. The number of piperazine rings is 1. The normalized spacial score (nSPS) is 39.9. The number of fused-ring (bicyclic) bond motifs is 2. The Bertz CT molecular complexity index is 138. The Hall–Kier alpha value is -0.0800. The zero-order chi connectivity index (χ0) is 7.14. The van der Waals surface area contributed by atoms with Gasteiger partial charge in [-0.3, -0.25) is 4.90 Å². The largest absolute Gasteiger partial charge is 0.311 e. The number of hydrogen-bond acceptors (Lipinski definition) is 2. The van der Waals surface area contributed by atoms with Crippen molar-refractivity contribution in [1.29, 1.82) is 0 Å². The van der Waals surface area contributed by atoms with E-state index in [-0.39, 0.29) is 1.43 Å². The molecular weight excluding hydrogens is 124 g/mol. The molecule has 0 radical (unpaired) electrons. The first-order chi connectivity index (χ1) is 4.77. The summed E-state index contributed by atoms with van der Waals surface area (Å²) in [7, 11) is 0. The van der Waals surface area contributed by atoms with E-state index in [2.05, 4.69) is 24.1 Å². The second-order valence-corrected chi connectivity index (χ2v) is 3.79. The van der Waals surface area contributed by atoms with Crippen molar-refractivity contribution in [2.45, 2.75) is 38.4 Å². The van der Waals surface area contributed by atoms with Crippen LogP contribution in [-0.2, 0) is 0 Å². The number of hydrogen-bond donors (Lipinski definition) is 1. The van der Waals surface area contributed by atoms with E-state index in [1.165, 1.54) is 19.5 Å². The highest BCUT2D eigenvalue weighted by atomic mass is 15.3. The maximum atomic E-state index is 3.50. The molecule has 2 aliphatic heterocycles. The van der Waals surface area contributed by atoms with Crippen LogP contribution >= 0.6 is 0 Å². The van der Waals surface area contributed by atoms with Crippen LogP contribution < -0.4 is 5.32 Å². The smallest absolute Gasteiger partial charge is 0.0239 e. The van der Waals surface area contributed by atoms with Crippen molar-refractivity contribution < 1.29 is 1.43 Å². The van der Waals surface area contributed by atoms with E-state index in [9.17, 15) is 0 Å². The topological polar surface area (TPSA) is 15.3 Å². The van der Waals surface area contributed by atoms with Gasteiger partial charge in [-0.1, -0.05) is 0 Å². The van der Waals surface area contributed by atoms with Crippen molar-refractivity contribution in [3.63, 3.8) is 0 Å². The van der Waals surface area contributed by atoms with Crippen LogP contribution in [0.1, 0.15) is 21.7 Å². The molecule has 10 heavy (non-hydrogen) atoms. The maximum absolute atomic E-state index is 3.50. The number of nitrogens with zero attached hydrogens (tertiary/aromatic N) is 1. The Morgan fingerprint density at radius 3 is 2.70 bits per heavy atom. The summed E-state index contributed by atoms with van der Waals surface area (Å²) >= 11 is 0. The van der Waals surface area contributed by atoms with Crippen LogP contribution in [0.25, 0.3) is 0 Å². The molecule has 0 aromatic carbocycles. The summed E-state index contributed by atoms with van der Waals surface area (Å²) in [5.41, 5.74) is 0. The molecule has 2 aliphatic rings. The third-order valence-electron chi connectivity index (χ3n) is 2.76. The second kappa shape index (κ2) is 2.21. The minimum atomic E-state index is 0. The van der Waals surface area contributed by atoms with Crippen molar-refractivity contribution >= 4 is 0 Å². The van der Waals surface area contributed by atoms with Crippen LogP contribution in [0.5, 0.6) is 0 Å². The maximum Gasteiger partial charge on any atom is 0.0239 e. The lowest BCUT2D eigenvalue weighted by Gasteiger charge is -2.30. The molecule has 2 unspecified atom stereocenters. The van der Waals surface area contributed by atoms with E-state index in [1.54, 1.807) is 0 Å². The fourth-order valence-corrected chi connectivity index (χ4v) is 2.23. The number of rotatable bonds is 1. The lowest BCUT2D eigenvalue weighted by atomic mass is 10.2. The molecule has 0 aliphatic carbocycles. The number of likely N-dealkylation sites (tertiary alicyclic amines) is 1. The van der Waals surface area contributed by atoms with Gasteiger partial charge < -0.3 is 5.32 Å². The van der Waals surface area contributed by atoms with E-state index in [4.69, 9.17) is 0 Å². The van der Waals surface area contributed by atoms with Gasteiger partial charge in [-0.05, 0) is 20.3 Å². The third kappa shape index (κ3) is 0.867. The minimum Gasteiger partial charge on any atom is -0.311 e. The molecule has 0 amide bonds. The van der Waals surface area contributed by atoms with Crippen molar-refractivity contribution in [1.82, 2.24) is 10.2 Å². The molecule has 0 aromatic heterocycles. The van der Waals surface area contributed by atoms with E-state index in [1.807, 2.05) is 0 Å². The van der Waals surface area contributed by atoms with Gasteiger partial charge in [0.05, 0.1) is 0 Å². The molecule has 60 valence electrons.